The van der Waals surface area contributed by atoms with E-state index in [0.29, 0.717) is 17.4 Å². The van der Waals surface area contributed by atoms with E-state index in [2.05, 4.69) is 18.6 Å². The molecule has 0 fully saturated rings. The van der Waals surface area contributed by atoms with Crippen molar-refractivity contribution in [2.75, 3.05) is 6.54 Å². The van der Waals surface area contributed by atoms with Gasteiger partial charge in [0, 0.05) is 6.54 Å². The zero-order valence-electron chi connectivity index (χ0n) is 11.9. The minimum Gasteiger partial charge on any atom is -0.211 e. The molecule has 0 radical (unpaired) electrons. The van der Waals surface area contributed by atoms with E-state index in [1.807, 2.05) is 26.8 Å². The third kappa shape index (κ3) is 3.82. The van der Waals surface area contributed by atoms with Gasteiger partial charge in [0.05, 0.1) is 4.90 Å². The first-order valence-electron chi connectivity index (χ1n) is 6.31. The summed E-state index contributed by atoms with van der Waals surface area (Å²) in [4.78, 5) is 0.398. The van der Waals surface area contributed by atoms with Crippen molar-refractivity contribution < 1.29 is 8.42 Å². The third-order valence-corrected chi connectivity index (χ3v) is 4.70. The predicted octanol–water partition coefficient (Wildman–Crippen LogP) is 2.94. The van der Waals surface area contributed by atoms with Crippen LogP contribution in [0.4, 0.5) is 0 Å². The summed E-state index contributed by atoms with van der Waals surface area (Å²) in [6.45, 7) is 10.4. The summed E-state index contributed by atoms with van der Waals surface area (Å²) in [5.74, 6) is 0.494. The molecular weight excluding hydrogens is 246 g/mol. The maximum atomic E-state index is 12.2. The van der Waals surface area contributed by atoms with Crippen LogP contribution in [0.5, 0.6) is 0 Å². The van der Waals surface area contributed by atoms with Crippen LogP contribution in [0.1, 0.15) is 37.0 Å². The highest BCUT2D eigenvalue weighted by molar-refractivity contribution is 7.89. The molecule has 102 valence electrons. The molecule has 1 aromatic carbocycles. The van der Waals surface area contributed by atoms with Gasteiger partial charge in [-0.1, -0.05) is 19.9 Å². The molecule has 3 nitrogen and oxygen atoms in total. The largest absolute Gasteiger partial charge is 0.240 e. The lowest BCUT2D eigenvalue weighted by atomic mass is 10.1. The van der Waals surface area contributed by atoms with Crippen molar-refractivity contribution in [3.05, 3.63) is 28.8 Å². The van der Waals surface area contributed by atoms with Crippen molar-refractivity contribution in [3.8, 4) is 0 Å². The monoisotopic (exact) mass is 269 g/mol. The number of sulfonamides is 1. The molecule has 18 heavy (non-hydrogen) atoms. The maximum Gasteiger partial charge on any atom is 0.240 e. The zero-order valence-corrected chi connectivity index (χ0v) is 12.7. The van der Waals surface area contributed by atoms with Gasteiger partial charge < -0.3 is 0 Å². The van der Waals surface area contributed by atoms with Gasteiger partial charge in [0.25, 0.3) is 0 Å². The number of rotatable bonds is 5. The standard InChI is InChI=1S/C14H23NO2S/c1-10(2)6-7-15-18(16,17)14-9-12(4)11(3)8-13(14)5/h8-10,15H,6-7H2,1-5H3. The highest BCUT2D eigenvalue weighted by Gasteiger charge is 2.17. The SMILES string of the molecule is Cc1cc(C)c(S(=O)(=O)NCCC(C)C)cc1C. The molecule has 0 aliphatic rings. The van der Waals surface area contributed by atoms with Gasteiger partial charge in [0.15, 0.2) is 0 Å². The van der Waals surface area contributed by atoms with Crippen molar-refractivity contribution in [2.24, 2.45) is 5.92 Å². The second-order valence-corrected chi connectivity index (χ2v) is 7.02. The Morgan fingerprint density at radius 3 is 2.17 bits per heavy atom. The highest BCUT2D eigenvalue weighted by Crippen LogP contribution is 2.19. The molecule has 0 aromatic heterocycles. The number of hydrogen-bond donors (Lipinski definition) is 1. The van der Waals surface area contributed by atoms with Crippen LogP contribution in [0.2, 0.25) is 0 Å². The maximum absolute atomic E-state index is 12.2. The van der Waals surface area contributed by atoms with Gasteiger partial charge in [-0.2, -0.15) is 0 Å². The van der Waals surface area contributed by atoms with Crippen LogP contribution in [-0.2, 0) is 10.0 Å². The van der Waals surface area contributed by atoms with E-state index in [-0.39, 0.29) is 0 Å². The summed E-state index contributed by atoms with van der Waals surface area (Å²) >= 11 is 0. The van der Waals surface area contributed by atoms with E-state index in [4.69, 9.17) is 0 Å². The molecule has 4 heteroatoms. The lowest BCUT2D eigenvalue weighted by Gasteiger charge is -2.12. The Kier molecular flexibility index (Phi) is 4.93. The molecule has 0 amide bonds. The van der Waals surface area contributed by atoms with Crippen LogP contribution in [-0.4, -0.2) is 15.0 Å². The van der Waals surface area contributed by atoms with Crippen LogP contribution in [0.3, 0.4) is 0 Å². The smallest absolute Gasteiger partial charge is 0.211 e. The minimum atomic E-state index is -3.38. The molecule has 1 N–H and O–H groups in total. The van der Waals surface area contributed by atoms with E-state index < -0.39 is 10.0 Å². The van der Waals surface area contributed by atoms with Crippen molar-refractivity contribution in [1.82, 2.24) is 4.72 Å². The lowest BCUT2D eigenvalue weighted by Crippen LogP contribution is -2.26. The molecular formula is C14H23NO2S. The fraction of sp³-hybridized carbons (Fsp3) is 0.571. The van der Waals surface area contributed by atoms with Gasteiger partial charge >= 0.3 is 0 Å². The molecule has 0 aliphatic carbocycles. The van der Waals surface area contributed by atoms with E-state index in [1.54, 1.807) is 6.07 Å². The van der Waals surface area contributed by atoms with Crippen LogP contribution in [0.25, 0.3) is 0 Å². The van der Waals surface area contributed by atoms with Crippen LogP contribution in [0, 0.1) is 26.7 Å². The van der Waals surface area contributed by atoms with Crippen molar-refractivity contribution >= 4 is 10.0 Å². The first-order valence-corrected chi connectivity index (χ1v) is 7.80. The highest BCUT2D eigenvalue weighted by atomic mass is 32.2. The molecule has 0 spiro atoms. The van der Waals surface area contributed by atoms with Crippen molar-refractivity contribution in [3.63, 3.8) is 0 Å². The Morgan fingerprint density at radius 2 is 1.61 bits per heavy atom. The lowest BCUT2D eigenvalue weighted by molar-refractivity contribution is 0.551. The van der Waals surface area contributed by atoms with E-state index >= 15 is 0 Å². The first kappa shape index (κ1) is 15.2. The van der Waals surface area contributed by atoms with E-state index in [9.17, 15) is 8.42 Å². The minimum absolute atomic E-state index is 0.398. The summed E-state index contributed by atoms with van der Waals surface area (Å²) < 4.78 is 27.0. The Bertz CT molecular complexity index is 519. The van der Waals surface area contributed by atoms with Gasteiger partial charge in [-0.15, -0.1) is 0 Å². The number of benzene rings is 1. The Morgan fingerprint density at radius 1 is 1.06 bits per heavy atom. The number of hydrogen-bond acceptors (Lipinski definition) is 2. The quantitative estimate of drug-likeness (QED) is 0.893. The number of nitrogens with one attached hydrogen (secondary N) is 1. The predicted molar refractivity (Wildman–Crippen MR) is 75.3 cm³/mol. The Balaban J connectivity index is 2.95. The van der Waals surface area contributed by atoms with Crippen molar-refractivity contribution in [2.45, 2.75) is 45.9 Å². The zero-order chi connectivity index (χ0) is 13.9. The van der Waals surface area contributed by atoms with Crippen LogP contribution < -0.4 is 4.72 Å². The molecule has 0 aliphatic heterocycles. The summed E-state index contributed by atoms with van der Waals surface area (Å²) in [7, 11) is -3.38. The fourth-order valence-corrected chi connectivity index (χ4v) is 3.14. The Labute approximate surface area is 111 Å². The normalized spacial score (nSPS) is 12.1. The summed E-state index contributed by atoms with van der Waals surface area (Å²) in [5, 5.41) is 0. The Hall–Kier alpha value is -0.870. The van der Waals surface area contributed by atoms with Crippen LogP contribution in [0.15, 0.2) is 17.0 Å². The molecule has 0 saturated heterocycles. The van der Waals surface area contributed by atoms with Gasteiger partial charge in [0.2, 0.25) is 10.0 Å². The summed E-state index contributed by atoms with van der Waals surface area (Å²) in [6, 6.07) is 3.68. The number of aryl methyl sites for hydroxylation is 3. The summed E-state index contributed by atoms with van der Waals surface area (Å²) in [6.07, 6.45) is 0.850. The van der Waals surface area contributed by atoms with Crippen LogP contribution >= 0.6 is 0 Å². The molecule has 1 rings (SSSR count). The second-order valence-electron chi connectivity index (χ2n) is 5.28. The van der Waals surface area contributed by atoms with Gasteiger partial charge in [0.1, 0.15) is 0 Å². The van der Waals surface area contributed by atoms with Gasteiger partial charge in [-0.3, -0.25) is 0 Å². The molecule has 0 bridgehead atoms. The molecule has 0 saturated carbocycles. The summed E-state index contributed by atoms with van der Waals surface area (Å²) in [5.41, 5.74) is 2.92. The average Bonchev–Trinajstić information content (AvgIpc) is 2.22. The second kappa shape index (κ2) is 5.85. The topological polar surface area (TPSA) is 46.2 Å². The fourth-order valence-electron chi connectivity index (χ4n) is 1.78. The average molecular weight is 269 g/mol. The molecule has 0 unspecified atom stereocenters. The van der Waals surface area contributed by atoms with Gasteiger partial charge in [-0.25, -0.2) is 13.1 Å². The van der Waals surface area contributed by atoms with Crippen molar-refractivity contribution in [1.29, 1.82) is 0 Å². The first-order chi connectivity index (χ1) is 8.24. The van der Waals surface area contributed by atoms with Gasteiger partial charge in [-0.05, 0) is 55.9 Å². The van der Waals surface area contributed by atoms with E-state index in [1.165, 1.54) is 0 Å². The van der Waals surface area contributed by atoms with E-state index in [0.717, 1.165) is 23.1 Å². The molecule has 1 aromatic rings. The molecule has 0 heterocycles. The third-order valence-electron chi connectivity index (χ3n) is 3.09. The molecule has 0 atom stereocenters.